The highest BCUT2D eigenvalue weighted by atomic mass is 35.5. The predicted molar refractivity (Wildman–Crippen MR) is 93.7 cm³/mol. The number of hydrogen-bond acceptors (Lipinski definition) is 4. The summed E-state index contributed by atoms with van der Waals surface area (Å²) < 4.78 is 6.51. The van der Waals surface area contributed by atoms with Gasteiger partial charge < -0.3 is 14.6 Å². The number of Topliss-reactive ketones (excluding diaryl/α,β-unsaturated/α-hetero) is 1. The molecule has 1 atom stereocenters. The topological polar surface area (TPSA) is 77.4 Å². The van der Waals surface area contributed by atoms with Gasteiger partial charge in [-0.15, -0.1) is 0 Å². The molecule has 0 unspecified atom stereocenters. The summed E-state index contributed by atoms with van der Waals surface area (Å²) in [4.78, 5) is 35.3. The maximum atomic E-state index is 12.1. The summed E-state index contributed by atoms with van der Waals surface area (Å²) in [6, 6.07) is 8.30. The van der Waals surface area contributed by atoms with Crippen molar-refractivity contribution in [2.45, 2.75) is 19.9 Å². The lowest BCUT2D eigenvalue weighted by molar-refractivity contribution is -0.124. The van der Waals surface area contributed by atoms with Crippen LogP contribution in [0.4, 0.5) is 0 Å². The van der Waals surface area contributed by atoms with E-state index in [-0.39, 0.29) is 17.5 Å². The summed E-state index contributed by atoms with van der Waals surface area (Å²) in [6.07, 6.45) is 1.54. The molecule has 0 saturated carbocycles. The maximum absolute atomic E-state index is 12.1. The van der Waals surface area contributed by atoms with Crippen LogP contribution in [0.5, 0.6) is 0 Å². The summed E-state index contributed by atoms with van der Waals surface area (Å²) in [5.41, 5.74) is 1.51. The van der Waals surface area contributed by atoms with Crippen LogP contribution in [0, 0.1) is 0 Å². The molecule has 1 amide bonds. The standard InChI is InChI=1S/C18H19ClN2O4/c1-11(13-4-6-15(19)7-5-13)20-17(23)10-25-18(24)16-8-14(12(2)22)9-21(16)3/h4-9,11H,10H2,1-3H3,(H,20,23)/t11-/m1/s1. The van der Waals surface area contributed by atoms with Gasteiger partial charge in [0.25, 0.3) is 5.91 Å². The summed E-state index contributed by atoms with van der Waals surface area (Å²) in [5, 5.41) is 3.35. The second-order valence-electron chi connectivity index (χ2n) is 5.70. The molecule has 0 bridgehead atoms. The largest absolute Gasteiger partial charge is 0.451 e. The number of halogens is 1. The van der Waals surface area contributed by atoms with E-state index >= 15 is 0 Å². The number of carbonyl (C=O) groups is 3. The molecule has 1 aromatic heterocycles. The van der Waals surface area contributed by atoms with Gasteiger partial charge in [-0.3, -0.25) is 9.59 Å². The highest BCUT2D eigenvalue weighted by Crippen LogP contribution is 2.16. The second-order valence-corrected chi connectivity index (χ2v) is 6.13. The van der Waals surface area contributed by atoms with E-state index in [0.29, 0.717) is 10.6 Å². The fraction of sp³-hybridized carbons (Fsp3) is 0.278. The Kier molecular flexibility index (Phi) is 5.98. The zero-order chi connectivity index (χ0) is 18.6. The van der Waals surface area contributed by atoms with Gasteiger partial charge in [0.05, 0.1) is 6.04 Å². The summed E-state index contributed by atoms with van der Waals surface area (Å²) in [6.45, 7) is 2.83. The maximum Gasteiger partial charge on any atom is 0.355 e. The lowest BCUT2D eigenvalue weighted by atomic mass is 10.1. The van der Waals surface area contributed by atoms with Crippen molar-refractivity contribution in [3.8, 4) is 0 Å². The average molecular weight is 363 g/mol. The van der Waals surface area contributed by atoms with E-state index in [1.807, 2.05) is 19.1 Å². The molecule has 0 saturated heterocycles. The minimum absolute atomic E-state index is 0.149. The number of ketones is 1. The highest BCUT2D eigenvalue weighted by molar-refractivity contribution is 6.30. The number of nitrogens with zero attached hydrogens (tertiary/aromatic N) is 1. The Morgan fingerprint density at radius 3 is 2.44 bits per heavy atom. The predicted octanol–water partition coefficient (Wildman–Crippen LogP) is 2.92. The molecule has 1 aromatic carbocycles. The van der Waals surface area contributed by atoms with Crippen LogP contribution in [0.25, 0.3) is 0 Å². The van der Waals surface area contributed by atoms with E-state index in [9.17, 15) is 14.4 Å². The van der Waals surface area contributed by atoms with Crippen LogP contribution in [0.15, 0.2) is 36.5 Å². The molecule has 1 heterocycles. The van der Waals surface area contributed by atoms with Crippen molar-refractivity contribution in [1.29, 1.82) is 0 Å². The fourth-order valence-electron chi connectivity index (χ4n) is 2.28. The van der Waals surface area contributed by atoms with Gasteiger partial charge in [0, 0.05) is 23.8 Å². The molecule has 2 aromatic rings. The third-order valence-electron chi connectivity index (χ3n) is 3.70. The number of amides is 1. The lowest BCUT2D eigenvalue weighted by Gasteiger charge is -2.14. The zero-order valence-corrected chi connectivity index (χ0v) is 15.0. The molecule has 132 valence electrons. The number of esters is 1. The Hall–Kier alpha value is -2.60. The van der Waals surface area contributed by atoms with Gasteiger partial charge in [-0.1, -0.05) is 23.7 Å². The third-order valence-corrected chi connectivity index (χ3v) is 3.95. The minimum atomic E-state index is -0.663. The SMILES string of the molecule is CC(=O)c1cc(C(=O)OCC(=O)N[C@H](C)c2ccc(Cl)cc2)n(C)c1. The molecule has 2 rings (SSSR count). The number of ether oxygens (including phenoxy) is 1. The molecule has 0 aliphatic rings. The first-order chi connectivity index (χ1) is 11.8. The molecule has 0 radical (unpaired) electrons. The number of aryl methyl sites for hydroxylation is 1. The highest BCUT2D eigenvalue weighted by Gasteiger charge is 2.17. The van der Waals surface area contributed by atoms with Crippen LogP contribution in [0.1, 0.15) is 46.3 Å². The van der Waals surface area contributed by atoms with Gasteiger partial charge in [0.2, 0.25) is 0 Å². The minimum Gasteiger partial charge on any atom is -0.451 e. The van der Waals surface area contributed by atoms with Crippen molar-refractivity contribution in [2.24, 2.45) is 7.05 Å². The molecule has 0 aliphatic carbocycles. The lowest BCUT2D eigenvalue weighted by Crippen LogP contribution is -2.31. The van der Waals surface area contributed by atoms with Crippen LogP contribution in [0.3, 0.4) is 0 Å². The van der Waals surface area contributed by atoms with E-state index in [0.717, 1.165) is 5.56 Å². The molecular weight excluding hydrogens is 344 g/mol. The summed E-state index contributed by atoms with van der Waals surface area (Å²) >= 11 is 5.83. The molecule has 0 aliphatic heterocycles. The van der Waals surface area contributed by atoms with Gasteiger partial charge in [0.1, 0.15) is 5.69 Å². The summed E-state index contributed by atoms with van der Waals surface area (Å²) in [5.74, 6) is -1.23. The third kappa shape index (κ3) is 4.93. The van der Waals surface area contributed by atoms with Crippen LogP contribution in [-0.2, 0) is 16.6 Å². The molecule has 7 heteroatoms. The molecule has 6 nitrogen and oxygen atoms in total. The number of aromatic nitrogens is 1. The number of hydrogen-bond donors (Lipinski definition) is 1. The van der Waals surface area contributed by atoms with Crippen LogP contribution in [-0.4, -0.2) is 28.8 Å². The Labute approximate surface area is 150 Å². The Morgan fingerprint density at radius 2 is 1.88 bits per heavy atom. The quantitative estimate of drug-likeness (QED) is 0.633. The van der Waals surface area contributed by atoms with Gasteiger partial charge >= 0.3 is 5.97 Å². The van der Waals surface area contributed by atoms with Gasteiger partial charge in [0.15, 0.2) is 12.4 Å². The van der Waals surface area contributed by atoms with Crippen molar-refractivity contribution < 1.29 is 19.1 Å². The normalized spacial score (nSPS) is 11.7. The summed E-state index contributed by atoms with van der Waals surface area (Å²) in [7, 11) is 1.63. The van der Waals surface area contributed by atoms with Crippen LogP contribution >= 0.6 is 11.6 Å². The first-order valence-corrected chi connectivity index (χ1v) is 8.05. The number of benzene rings is 1. The molecule has 0 fully saturated rings. The number of carbonyl (C=O) groups excluding carboxylic acids is 3. The van der Waals surface area contributed by atoms with Crippen molar-refractivity contribution in [2.75, 3.05) is 6.61 Å². The number of nitrogens with one attached hydrogen (secondary N) is 1. The smallest absolute Gasteiger partial charge is 0.355 e. The van der Waals surface area contributed by atoms with Crippen molar-refractivity contribution in [3.63, 3.8) is 0 Å². The zero-order valence-electron chi connectivity index (χ0n) is 14.2. The monoisotopic (exact) mass is 362 g/mol. The molecule has 0 spiro atoms. The first kappa shape index (κ1) is 18.7. The van der Waals surface area contributed by atoms with E-state index in [1.165, 1.54) is 17.6 Å². The average Bonchev–Trinajstić information content (AvgIpc) is 2.95. The molecular formula is C18H19ClN2O4. The molecule has 1 N–H and O–H groups in total. The van der Waals surface area contributed by atoms with E-state index in [2.05, 4.69) is 5.32 Å². The fourth-order valence-corrected chi connectivity index (χ4v) is 2.41. The van der Waals surface area contributed by atoms with Crippen molar-refractivity contribution in [1.82, 2.24) is 9.88 Å². The molecule has 25 heavy (non-hydrogen) atoms. The Morgan fingerprint density at radius 1 is 1.24 bits per heavy atom. The number of rotatable bonds is 6. The van der Waals surface area contributed by atoms with Gasteiger partial charge in [-0.2, -0.15) is 0 Å². The van der Waals surface area contributed by atoms with E-state index in [1.54, 1.807) is 25.4 Å². The van der Waals surface area contributed by atoms with Crippen molar-refractivity contribution >= 4 is 29.3 Å². The van der Waals surface area contributed by atoms with Gasteiger partial charge in [-0.05, 0) is 37.6 Å². The van der Waals surface area contributed by atoms with Gasteiger partial charge in [-0.25, -0.2) is 4.79 Å². The first-order valence-electron chi connectivity index (χ1n) is 7.67. The Bertz CT molecular complexity index is 796. The van der Waals surface area contributed by atoms with Crippen LogP contribution in [0.2, 0.25) is 5.02 Å². The van der Waals surface area contributed by atoms with E-state index in [4.69, 9.17) is 16.3 Å². The van der Waals surface area contributed by atoms with Crippen molar-refractivity contribution in [3.05, 3.63) is 58.4 Å². The Balaban J connectivity index is 1.90. The van der Waals surface area contributed by atoms with E-state index < -0.39 is 18.5 Å². The second kappa shape index (κ2) is 7.98. The van der Waals surface area contributed by atoms with Crippen LogP contribution < -0.4 is 5.32 Å².